The summed E-state index contributed by atoms with van der Waals surface area (Å²) < 4.78 is 0. The van der Waals surface area contributed by atoms with Crippen LogP contribution in [0.5, 0.6) is 0 Å². The van der Waals surface area contributed by atoms with Crippen LogP contribution in [0.3, 0.4) is 0 Å². The molecule has 98 valence electrons. The molecule has 1 fully saturated rings. The molecular formula is C12H15ClN2O2S. The minimum atomic E-state index is -0.467. The number of anilines is 1. The first kappa shape index (κ1) is 13.5. The first-order chi connectivity index (χ1) is 8.58. The van der Waals surface area contributed by atoms with Crippen molar-refractivity contribution in [2.45, 2.75) is 31.1 Å². The molecule has 0 aliphatic carbocycles. The molecular weight excluding hydrogens is 272 g/mol. The number of benzene rings is 1. The van der Waals surface area contributed by atoms with Crippen LogP contribution in [-0.4, -0.2) is 22.0 Å². The molecule has 1 aliphatic rings. The summed E-state index contributed by atoms with van der Waals surface area (Å²) in [5.74, 6) is 1.21. The average molecular weight is 287 g/mol. The Balaban J connectivity index is 2.10. The van der Waals surface area contributed by atoms with Gasteiger partial charge in [0.1, 0.15) is 5.02 Å². The van der Waals surface area contributed by atoms with E-state index in [0.29, 0.717) is 11.3 Å². The van der Waals surface area contributed by atoms with E-state index in [2.05, 4.69) is 12.2 Å². The second-order valence-electron chi connectivity index (χ2n) is 4.39. The molecule has 2 atom stereocenters. The van der Waals surface area contributed by atoms with Gasteiger partial charge in [-0.15, -0.1) is 0 Å². The molecule has 1 aromatic rings. The number of hydrogen-bond donors (Lipinski definition) is 1. The van der Waals surface area contributed by atoms with Gasteiger partial charge in [-0.1, -0.05) is 18.5 Å². The number of nitrogens with one attached hydrogen (secondary N) is 1. The molecule has 6 heteroatoms. The second-order valence-corrected chi connectivity index (χ2v) is 6.28. The van der Waals surface area contributed by atoms with E-state index in [-0.39, 0.29) is 10.7 Å². The van der Waals surface area contributed by atoms with Gasteiger partial charge in [0, 0.05) is 23.0 Å². The van der Waals surface area contributed by atoms with Gasteiger partial charge in [-0.25, -0.2) is 0 Å². The monoisotopic (exact) mass is 286 g/mol. The van der Waals surface area contributed by atoms with Crippen molar-refractivity contribution in [2.75, 3.05) is 11.1 Å². The van der Waals surface area contributed by atoms with E-state index in [4.69, 9.17) is 11.6 Å². The van der Waals surface area contributed by atoms with Gasteiger partial charge in [0.25, 0.3) is 5.69 Å². The summed E-state index contributed by atoms with van der Waals surface area (Å²) >= 11 is 7.85. The molecule has 0 bridgehead atoms. The van der Waals surface area contributed by atoms with Gasteiger partial charge in [-0.05, 0) is 30.7 Å². The number of nitrogens with zero attached hydrogens (tertiary/aromatic N) is 1. The second kappa shape index (κ2) is 5.80. The van der Waals surface area contributed by atoms with Crippen molar-refractivity contribution in [3.8, 4) is 0 Å². The summed E-state index contributed by atoms with van der Waals surface area (Å²) in [7, 11) is 0. The highest BCUT2D eigenvalue weighted by Gasteiger charge is 2.22. The zero-order chi connectivity index (χ0) is 13.1. The fourth-order valence-corrected chi connectivity index (χ4v) is 3.46. The summed E-state index contributed by atoms with van der Waals surface area (Å²) in [6.45, 7) is 2.20. The highest BCUT2D eigenvalue weighted by Crippen LogP contribution is 2.31. The highest BCUT2D eigenvalue weighted by atomic mass is 35.5. The molecule has 18 heavy (non-hydrogen) atoms. The molecule has 0 spiro atoms. The zero-order valence-electron chi connectivity index (χ0n) is 10.1. The predicted octanol–water partition coefficient (Wildman–Crippen LogP) is 3.94. The molecule has 1 N–H and O–H groups in total. The topological polar surface area (TPSA) is 55.2 Å². The summed E-state index contributed by atoms with van der Waals surface area (Å²) in [6, 6.07) is 5.20. The molecule has 2 unspecified atom stereocenters. The lowest BCUT2D eigenvalue weighted by Gasteiger charge is -2.29. The number of nitro benzene ring substituents is 1. The van der Waals surface area contributed by atoms with Crippen LogP contribution in [0, 0.1) is 10.1 Å². The standard InChI is InChI=1S/C12H15ClN2O2S/c1-8-11(3-2-6-18-8)14-9-4-5-12(15(16)17)10(13)7-9/h4-5,7-8,11,14H,2-3,6H2,1H3. The quantitative estimate of drug-likeness (QED) is 0.675. The summed E-state index contributed by atoms with van der Waals surface area (Å²) in [4.78, 5) is 10.2. The van der Waals surface area contributed by atoms with E-state index >= 15 is 0 Å². The Morgan fingerprint density at radius 2 is 2.33 bits per heavy atom. The Morgan fingerprint density at radius 1 is 1.56 bits per heavy atom. The first-order valence-corrected chi connectivity index (χ1v) is 7.32. The summed E-state index contributed by atoms with van der Waals surface area (Å²) in [5.41, 5.74) is 0.804. The summed E-state index contributed by atoms with van der Waals surface area (Å²) in [6.07, 6.45) is 2.33. The molecule has 2 rings (SSSR count). The van der Waals surface area contributed by atoms with E-state index in [1.54, 1.807) is 12.1 Å². The minimum absolute atomic E-state index is 0.0479. The van der Waals surface area contributed by atoms with Gasteiger partial charge in [0.15, 0.2) is 0 Å². The molecule has 0 amide bonds. The van der Waals surface area contributed by atoms with Crippen molar-refractivity contribution in [3.05, 3.63) is 33.3 Å². The molecule has 4 nitrogen and oxygen atoms in total. The molecule has 1 aromatic carbocycles. The van der Waals surface area contributed by atoms with Crippen LogP contribution in [0.2, 0.25) is 5.02 Å². The Morgan fingerprint density at radius 3 is 2.94 bits per heavy atom. The maximum Gasteiger partial charge on any atom is 0.288 e. The molecule has 0 radical (unpaired) electrons. The lowest BCUT2D eigenvalue weighted by molar-refractivity contribution is -0.384. The van der Waals surface area contributed by atoms with Gasteiger partial charge >= 0.3 is 0 Å². The van der Waals surface area contributed by atoms with E-state index < -0.39 is 4.92 Å². The number of nitro groups is 1. The predicted molar refractivity (Wildman–Crippen MR) is 76.7 cm³/mol. The fourth-order valence-electron chi connectivity index (χ4n) is 2.07. The Labute approximate surface area is 115 Å². The van der Waals surface area contributed by atoms with Crippen LogP contribution >= 0.6 is 23.4 Å². The Hall–Kier alpha value is -0.940. The smallest absolute Gasteiger partial charge is 0.288 e. The summed E-state index contributed by atoms with van der Waals surface area (Å²) in [5, 5.41) is 14.8. The van der Waals surface area contributed by atoms with Crippen LogP contribution in [0.1, 0.15) is 19.8 Å². The molecule has 0 aromatic heterocycles. The molecule has 1 heterocycles. The van der Waals surface area contributed by atoms with Gasteiger partial charge in [0.05, 0.1) is 4.92 Å². The third-order valence-corrected chi connectivity index (χ3v) is 4.78. The minimum Gasteiger partial charge on any atom is -0.381 e. The molecule has 1 saturated heterocycles. The maximum absolute atomic E-state index is 10.7. The van der Waals surface area contributed by atoms with Crippen LogP contribution in [0.25, 0.3) is 0 Å². The normalized spacial score (nSPS) is 23.7. The lowest BCUT2D eigenvalue weighted by atomic mass is 10.1. The Bertz CT molecular complexity index is 456. The number of halogens is 1. The third kappa shape index (κ3) is 3.09. The van der Waals surface area contributed by atoms with Gasteiger partial charge in [-0.3, -0.25) is 10.1 Å². The molecule has 1 aliphatic heterocycles. The van der Waals surface area contributed by atoms with Crippen molar-refractivity contribution < 1.29 is 4.92 Å². The van der Waals surface area contributed by atoms with Crippen LogP contribution in [0.4, 0.5) is 11.4 Å². The molecule has 0 saturated carbocycles. The van der Waals surface area contributed by atoms with E-state index in [1.807, 2.05) is 11.8 Å². The third-order valence-electron chi connectivity index (χ3n) is 3.10. The number of rotatable bonds is 3. The average Bonchev–Trinajstić information content (AvgIpc) is 2.32. The number of hydrogen-bond acceptors (Lipinski definition) is 4. The zero-order valence-corrected chi connectivity index (χ0v) is 11.6. The van der Waals surface area contributed by atoms with Crippen LogP contribution in [0.15, 0.2) is 18.2 Å². The van der Waals surface area contributed by atoms with Crippen LogP contribution in [-0.2, 0) is 0 Å². The first-order valence-electron chi connectivity index (χ1n) is 5.90. The Kier molecular flexibility index (Phi) is 4.35. The van der Waals surface area contributed by atoms with Crippen molar-refractivity contribution >= 4 is 34.7 Å². The SMILES string of the molecule is CC1SCCCC1Nc1ccc([N+](=O)[O-])c(Cl)c1. The largest absolute Gasteiger partial charge is 0.381 e. The van der Waals surface area contributed by atoms with E-state index in [1.165, 1.54) is 18.2 Å². The van der Waals surface area contributed by atoms with Crippen molar-refractivity contribution in [2.24, 2.45) is 0 Å². The number of thioether (sulfide) groups is 1. The fraction of sp³-hybridized carbons (Fsp3) is 0.500. The van der Waals surface area contributed by atoms with Crippen LogP contribution < -0.4 is 5.32 Å². The highest BCUT2D eigenvalue weighted by molar-refractivity contribution is 8.00. The van der Waals surface area contributed by atoms with E-state index in [0.717, 1.165) is 12.1 Å². The lowest BCUT2D eigenvalue weighted by Crippen LogP contribution is -2.32. The van der Waals surface area contributed by atoms with Gasteiger partial charge < -0.3 is 5.32 Å². The maximum atomic E-state index is 10.7. The van der Waals surface area contributed by atoms with Gasteiger partial charge in [0.2, 0.25) is 0 Å². The van der Waals surface area contributed by atoms with Gasteiger partial charge in [-0.2, -0.15) is 11.8 Å². The van der Waals surface area contributed by atoms with Crippen molar-refractivity contribution in [1.29, 1.82) is 0 Å². The van der Waals surface area contributed by atoms with Crippen molar-refractivity contribution in [3.63, 3.8) is 0 Å². The van der Waals surface area contributed by atoms with E-state index in [9.17, 15) is 10.1 Å². The van der Waals surface area contributed by atoms with Crippen molar-refractivity contribution in [1.82, 2.24) is 0 Å².